The van der Waals surface area contributed by atoms with Crippen LogP contribution in [0.3, 0.4) is 0 Å². The van der Waals surface area contributed by atoms with E-state index < -0.39 is 0 Å². The molecular formula is C11H12BrNO2. The number of hydrogen-bond donors (Lipinski definition) is 1. The van der Waals surface area contributed by atoms with Gasteiger partial charge in [0.05, 0.1) is 18.8 Å². The summed E-state index contributed by atoms with van der Waals surface area (Å²) < 4.78 is 12.1. The number of hydrogen-bond acceptors (Lipinski definition) is 3. The SMILES string of the molecule is Brc1ccc2c(c1)OCCNC21COC1. The summed E-state index contributed by atoms with van der Waals surface area (Å²) in [6.45, 7) is 3.07. The fourth-order valence-corrected chi connectivity index (χ4v) is 2.46. The van der Waals surface area contributed by atoms with E-state index in [9.17, 15) is 0 Å². The van der Waals surface area contributed by atoms with Gasteiger partial charge in [0.1, 0.15) is 12.4 Å². The lowest BCUT2D eigenvalue weighted by atomic mass is 9.87. The van der Waals surface area contributed by atoms with Crippen molar-refractivity contribution in [2.45, 2.75) is 5.54 Å². The van der Waals surface area contributed by atoms with Gasteiger partial charge in [-0.25, -0.2) is 0 Å². The minimum Gasteiger partial charge on any atom is -0.492 e. The van der Waals surface area contributed by atoms with E-state index in [-0.39, 0.29) is 5.54 Å². The van der Waals surface area contributed by atoms with Crippen LogP contribution in [0.5, 0.6) is 5.75 Å². The predicted octanol–water partition coefficient (Wildman–Crippen LogP) is 1.66. The molecule has 2 aliphatic heterocycles. The van der Waals surface area contributed by atoms with Crippen molar-refractivity contribution in [1.82, 2.24) is 5.32 Å². The molecule has 0 atom stereocenters. The zero-order valence-electron chi connectivity index (χ0n) is 8.25. The third-order valence-electron chi connectivity index (χ3n) is 2.98. The Hall–Kier alpha value is -0.580. The standard InChI is InChI=1S/C11H12BrNO2/c12-8-1-2-9-10(5-8)15-4-3-13-11(9)6-14-7-11/h1-2,5,13H,3-4,6-7H2. The quantitative estimate of drug-likeness (QED) is 0.777. The molecule has 15 heavy (non-hydrogen) atoms. The fraction of sp³-hybridized carbons (Fsp3) is 0.455. The highest BCUT2D eigenvalue weighted by atomic mass is 79.9. The van der Waals surface area contributed by atoms with Crippen molar-refractivity contribution in [1.29, 1.82) is 0 Å². The lowest BCUT2D eigenvalue weighted by Crippen LogP contribution is -2.57. The lowest BCUT2D eigenvalue weighted by molar-refractivity contribution is -0.0769. The Kier molecular flexibility index (Phi) is 2.23. The van der Waals surface area contributed by atoms with Gasteiger partial charge in [0.25, 0.3) is 0 Å². The smallest absolute Gasteiger partial charge is 0.125 e. The number of nitrogens with one attached hydrogen (secondary N) is 1. The van der Waals surface area contributed by atoms with Crippen LogP contribution in [0.15, 0.2) is 22.7 Å². The van der Waals surface area contributed by atoms with Gasteiger partial charge in [-0.2, -0.15) is 0 Å². The fourth-order valence-electron chi connectivity index (χ4n) is 2.12. The molecule has 0 bridgehead atoms. The van der Waals surface area contributed by atoms with Gasteiger partial charge in [-0.15, -0.1) is 0 Å². The Labute approximate surface area is 96.9 Å². The number of rotatable bonds is 0. The molecule has 0 saturated carbocycles. The van der Waals surface area contributed by atoms with E-state index in [1.54, 1.807) is 0 Å². The molecule has 1 N–H and O–H groups in total. The van der Waals surface area contributed by atoms with Crippen molar-refractivity contribution in [2.75, 3.05) is 26.4 Å². The van der Waals surface area contributed by atoms with Gasteiger partial charge in [-0.1, -0.05) is 22.0 Å². The van der Waals surface area contributed by atoms with E-state index in [1.165, 1.54) is 5.56 Å². The molecule has 3 rings (SSSR count). The molecule has 2 aliphatic rings. The molecule has 0 aliphatic carbocycles. The van der Waals surface area contributed by atoms with E-state index in [1.807, 2.05) is 6.07 Å². The topological polar surface area (TPSA) is 30.5 Å². The highest BCUT2D eigenvalue weighted by molar-refractivity contribution is 9.10. The molecule has 3 nitrogen and oxygen atoms in total. The molecule has 1 spiro atoms. The summed E-state index contributed by atoms with van der Waals surface area (Å²) in [6, 6.07) is 6.19. The monoisotopic (exact) mass is 269 g/mol. The summed E-state index contributed by atoms with van der Waals surface area (Å²) in [5.74, 6) is 0.970. The summed E-state index contributed by atoms with van der Waals surface area (Å²) in [6.07, 6.45) is 0. The first kappa shape index (κ1) is 9.63. The number of benzene rings is 1. The molecular weight excluding hydrogens is 258 g/mol. The highest BCUT2D eigenvalue weighted by Crippen LogP contribution is 2.38. The Morgan fingerprint density at radius 2 is 2.20 bits per heavy atom. The summed E-state index contributed by atoms with van der Waals surface area (Å²) >= 11 is 3.46. The molecule has 1 aromatic rings. The van der Waals surface area contributed by atoms with Crippen molar-refractivity contribution in [3.8, 4) is 5.75 Å². The molecule has 1 saturated heterocycles. The van der Waals surface area contributed by atoms with Crippen molar-refractivity contribution >= 4 is 15.9 Å². The molecule has 80 valence electrons. The second-order valence-electron chi connectivity index (χ2n) is 3.99. The Balaban J connectivity index is 2.09. The van der Waals surface area contributed by atoms with Crippen LogP contribution in [0.1, 0.15) is 5.56 Å². The molecule has 1 fully saturated rings. The minimum absolute atomic E-state index is 0.00741. The maximum absolute atomic E-state index is 5.71. The van der Waals surface area contributed by atoms with Gasteiger partial charge in [-0.05, 0) is 12.1 Å². The molecule has 2 heterocycles. The molecule has 0 unspecified atom stereocenters. The van der Waals surface area contributed by atoms with Gasteiger partial charge < -0.3 is 14.8 Å². The number of ether oxygens (including phenoxy) is 2. The van der Waals surface area contributed by atoms with Crippen LogP contribution in [-0.2, 0) is 10.3 Å². The Morgan fingerprint density at radius 1 is 1.33 bits per heavy atom. The second-order valence-corrected chi connectivity index (χ2v) is 4.91. The van der Waals surface area contributed by atoms with E-state index in [2.05, 4.69) is 33.4 Å². The van der Waals surface area contributed by atoms with Gasteiger partial charge in [0, 0.05) is 16.6 Å². The number of fused-ring (bicyclic) bond motifs is 2. The van der Waals surface area contributed by atoms with Crippen LogP contribution >= 0.6 is 15.9 Å². The van der Waals surface area contributed by atoms with Crippen LogP contribution < -0.4 is 10.1 Å². The third-order valence-corrected chi connectivity index (χ3v) is 3.47. The summed E-state index contributed by atoms with van der Waals surface area (Å²) in [5, 5.41) is 3.50. The lowest BCUT2D eigenvalue weighted by Gasteiger charge is -2.41. The first-order chi connectivity index (χ1) is 7.30. The van der Waals surface area contributed by atoms with Crippen LogP contribution in [0.2, 0.25) is 0 Å². The van der Waals surface area contributed by atoms with E-state index in [0.29, 0.717) is 6.61 Å². The van der Waals surface area contributed by atoms with Crippen molar-refractivity contribution < 1.29 is 9.47 Å². The first-order valence-electron chi connectivity index (χ1n) is 5.06. The first-order valence-corrected chi connectivity index (χ1v) is 5.85. The zero-order valence-corrected chi connectivity index (χ0v) is 9.84. The number of halogens is 1. The van der Waals surface area contributed by atoms with Gasteiger partial charge in [-0.3, -0.25) is 0 Å². The molecule has 0 radical (unpaired) electrons. The summed E-state index contributed by atoms with van der Waals surface area (Å²) in [7, 11) is 0. The van der Waals surface area contributed by atoms with Crippen LogP contribution in [0.25, 0.3) is 0 Å². The zero-order chi connectivity index (χ0) is 10.3. The molecule has 4 heteroatoms. The van der Waals surface area contributed by atoms with Gasteiger partial charge in [0.15, 0.2) is 0 Å². The Morgan fingerprint density at radius 3 is 2.93 bits per heavy atom. The Bertz CT molecular complexity index is 390. The largest absolute Gasteiger partial charge is 0.492 e. The van der Waals surface area contributed by atoms with Crippen LogP contribution in [0.4, 0.5) is 0 Å². The van der Waals surface area contributed by atoms with E-state index >= 15 is 0 Å². The normalized spacial score (nSPS) is 22.5. The summed E-state index contributed by atoms with van der Waals surface area (Å²) in [4.78, 5) is 0. The maximum atomic E-state index is 5.71. The highest BCUT2D eigenvalue weighted by Gasteiger charge is 2.43. The van der Waals surface area contributed by atoms with E-state index in [0.717, 1.165) is 30.0 Å². The molecule has 0 aromatic heterocycles. The van der Waals surface area contributed by atoms with Gasteiger partial charge in [0.2, 0.25) is 0 Å². The average molecular weight is 270 g/mol. The molecule has 0 amide bonds. The average Bonchev–Trinajstić information content (AvgIpc) is 2.35. The third kappa shape index (κ3) is 1.48. The van der Waals surface area contributed by atoms with Crippen molar-refractivity contribution in [2.24, 2.45) is 0 Å². The van der Waals surface area contributed by atoms with Crippen molar-refractivity contribution in [3.05, 3.63) is 28.2 Å². The second kappa shape index (κ2) is 3.47. The van der Waals surface area contributed by atoms with Gasteiger partial charge >= 0.3 is 0 Å². The van der Waals surface area contributed by atoms with E-state index in [4.69, 9.17) is 9.47 Å². The predicted molar refractivity (Wildman–Crippen MR) is 60.1 cm³/mol. The van der Waals surface area contributed by atoms with Crippen LogP contribution in [0, 0.1) is 0 Å². The van der Waals surface area contributed by atoms with Crippen molar-refractivity contribution in [3.63, 3.8) is 0 Å². The minimum atomic E-state index is -0.00741. The summed E-state index contributed by atoms with van der Waals surface area (Å²) in [5.41, 5.74) is 1.21. The molecule has 1 aromatic carbocycles. The van der Waals surface area contributed by atoms with Crippen LogP contribution in [-0.4, -0.2) is 26.4 Å². The maximum Gasteiger partial charge on any atom is 0.125 e.